The van der Waals surface area contributed by atoms with Gasteiger partial charge in [0.15, 0.2) is 0 Å². The second-order valence-corrected chi connectivity index (χ2v) is 5.89. The zero-order valence-corrected chi connectivity index (χ0v) is 12.0. The fraction of sp³-hybridized carbons (Fsp3) is 0.286. The van der Waals surface area contributed by atoms with Crippen molar-refractivity contribution in [2.45, 2.75) is 18.9 Å². The summed E-state index contributed by atoms with van der Waals surface area (Å²) in [5.74, 6) is -0.539. The van der Waals surface area contributed by atoms with Crippen molar-refractivity contribution in [2.24, 2.45) is 5.73 Å². The normalized spacial score (nSPS) is 17.9. The standard InChI is InChI=1S/C14H14N4O2S/c15-12(19)11-8-17-13(21-11)10-4-2-6-18(10)14(20)9-3-1-5-16-7-9/h1,3,5,7-8,10H,2,4,6H2,(H2,15,19)/t10-/m1/s1. The summed E-state index contributed by atoms with van der Waals surface area (Å²) in [5, 5.41) is 0.763. The van der Waals surface area contributed by atoms with E-state index in [1.807, 2.05) is 0 Å². The van der Waals surface area contributed by atoms with Crippen LogP contribution in [0.3, 0.4) is 0 Å². The number of likely N-dealkylation sites (tertiary alicyclic amines) is 1. The third kappa shape index (κ3) is 2.64. The lowest BCUT2D eigenvalue weighted by atomic mass is 10.2. The van der Waals surface area contributed by atoms with Crippen molar-refractivity contribution in [1.29, 1.82) is 0 Å². The Morgan fingerprint density at radius 3 is 2.90 bits per heavy atom. The van der Waals surface area contributed by atoms with Crippen molar-refractivity contribution in [1.82, 2.24) is 14.9 Å². The molecule has 0 bridgehead atoms. The summed E-state index contributed by atoms with van der Waals surface area (Å²) >= 11 is 1.26. The van der Waals surface area contributed by atoms with Crippen LogP contribution < -0.4 is 5.73 Å². The molecule has 0 spiro atoms. The number of aromatic nitrogens is 2. The molecule has 1 aliphatic rings. The fourth-order valence-corrected chi connectivity index (χ4v) is 3.40. The highest BCUT2D eigenvalue weighted by molar-refractivity contribution is 7.13. The zero-order chi connectivity index (χ0) is 14.8. The van der Waals surface area contributed by atoms with Crippen LogP contribution in [0.2, 0.25) is 0 Å². The Bertz CT molecular complexity index is 671. The van der Waals surface area contributed by atoms with Crippen LogP contribution in [-0.4, -0.2) is 33.2 Å². The molecule has 1 saturated heterocycles. The van der Waals surface area contributed by atoms with Crippen molar-refractivity contribution < 1.29 is 9.59 Å². The van der Waals surface area contributed by atoms with E-state index in [4.69, 9.17) is 5.73 Å². The van der Waals surface area contributed by atoms with E-state index in [0.29, 0.717) is 17.0 Å². The number of nitrogens with zero attached hydrogens (tertiary/aromatic N) is 3. The summed E-state index contributed by atoms with van der Waals surface area (Å²) in [7, 11) is 0. The van der Waals surface area contributed by atoms with E-state index in [9.17, 15) is 9.59 Å². The molecule has 0 aromatic carbocycles. The lowest BCUT2D eigenvalue weighted by Gasteiger charge is -2.22. The third-order valence-electron chi connectivity index (χ3n) is 3.47. The molecular formula is C14H14N4O2S. The van der Waals surface area contributed by atoms with Gasteiger partial charge in [-0.25, -0.2) is 4.98 Å². The van der Waals surface area contributed by atoms with Crippen molar-refractivity contribution in [2.75, 3.05) is 6.54 Å². The van der Waals surface area contributed by atoms with Crippen LogP contribution in [0, 0.1) is 0 Å². The van der Waals surface area contributed by atoms with Gasteiger partial charge < -0.3 is 10.6 Å². The molecule has 21 heavy (non-hydrogen) atoms. The number of carbonyl (C=O) groups is 2. The highest BCUT2D eigenvalue weighted by Crippen LogP contribution is 2.35. The first-order valence-corrected chi connectivity index (χ1v) is 7.45. The average molecular weight is 302 g/mol. The van der Waals surface area contributed by atoms with E-state index in [1.165, 1.54) is 17.5 Å². The van der Waals surface area contributed by atoms with Crippen LogP contribution in [0.5, 0.6) is 0 Å². The van der Waals surface area contributed by atoms with E-state index in [1.54, 1.807) is 29.4 Å². The Balaban J connectivity index is 1.85. The first kappa shape index (κ1) is 13.7. The predicted octanol–water partition coefficient (Wildman–Crippen LogP) is 1.61. The summed E-state index contributed by atoms with van der Waals surface area (Å²) in [6.45, 7) is 0.684. The molecule has 0 radical (unpaired) electrons. The highest BCUT2D eigenvalue weighted by Gasteiger charge is 2.32. The largest absolute Gasteiger partial charge is 0.365 e. The SMILES string of the molecule is NC(=O)c1cnc([C@H]2CCCN2C(=O)c2cccnc2)s1. The van der Waals surface area contributed by atoms with Crippen LogP contribution in [0.1, 0.15) is 43.9 Å². The number of thiazole rings is 1. The van der Waals surface area contributed by atoms with Gasteiger partial charge in [0.1, 0.15) is 9.88 Å². The fourth-order valence-electron chi connectivity index (χ4n) is 2.48. The highest BCUT2D eigenvalue weighted by atomic mass is 32.1. The first-order chi connectivity index (χ1) is 10.2. The zero-order valence-electron chi connectivity index (χ0n) is 11.2. The monoisotopic (exact) mass is 302 g/mol. The number of nitrogens with two attached hydrogens (primary N) is 1. The Hall–Kier alpha value is -2.28. The van der Waals surface area contributed by atoms with Crippen molar-refractivity contribution in [3.8, 4) is 0 Å². The second-order valence-electron chi connectivity index (χ2n) is 4.83. The first-order valence-electron chi connectivity index (χ1n) is 6.63. The molecule has 6 nitrogen and oxygen atoms in total. The molecule has 1 fully saturated rings. The van der Waals surface area contributed by atoms with Gasteiger partial charge in [-0.2, -0.15) is 0 Å². The summed E-state index contributed by atoms with van der Waals surface area (Å²) < 4.78 is 0. The summed E-state index contributed by atoms with van der Waals surface area (Å²) in [6.07, 6.45) is 6.44. The number of pyridine rings is 1. The van der Waals surface area contributed by atoms with Gasteiger partial charge in [0.05, 0.1) is 17.8 Å². The molecular weight excluding hydrogens is 288 g/mol. The molecule has 2 amide bonds. The van der Waals surface area contributed by atoms with Crippen LogP contribution in [0.15, 0.2) is 30.7 Å². The van der Waals surface area contributed by atoms with Crippen LogP contribution >= 0.6 is 11.3 Å². The third-order valence-corrected chi connectivity index (χ3v) is 4.59. The van der Waals surface area contributed by atoms with Crippen molar-refractivity contribution in [3.05, 3.63) is 46.2 Å². The molecule has 2 N–H and O–H groups in total. The van der Waals surface area contributed by atoms with Gasteiger partial charge in [0.2, 0.25) is 0 Å². The van der Waals surface area contributed by atoms with Crippen LogP contribution in [0.25, 0.3) is 0 Å². The lowest BCUT2D eigenvalue weighted by molar-refractivity contribution is 0.0735. The maximum absolute atomic E-state index is 12.5. The molecule has 2 aromatic heterocycles. The quantitative estimate of drug-likeness (QED) is 0.933. The summed E-state index contributed by atoms with van der Waals surface area (Å²) in [4.78, 5) is 34.2. The second kappa shape index (κ2) is 5.61. The topological polar surface area (TPSA) is 89.2 Å². The molecule has 1 aliphatic heterocycles. The molecule has 7 heteroatoms. The molecule has 0 aliphatic carbocycles. The van der Waals surface area contributed by atoms with E-state index in [-0.39, 0.29) is 11.9 Å². The Morgan fingerprint density at radius 1 is 1.38 bits per heavy atom. The van der Waals surface area contributed by atoms with Gasteiger partial charge >= 0.3 is 0 Å². The minimum absolute atomic E-state index is 0.0542. The average Bonchev–Trinajstić information content (AvgIpc) is 3.16. The number of hydrogen-bond acceptors (Lipinski definition) is 5. The van der Waals surface area contributed by atoms with Gasteiger partial charge in [-0.1, -0.05) is 0 Å². The molecule has 0 unspecified atom stereocenters. The van der Waals surface area contributed by atoms with E-state index in [2.05, 4.69) is 9.97 Å². The van der Waals surface area contributed by atoms with E-state index < -0.39 is 5.91 Å². The lowest BCUT2D eigenvalue weighted by Crippen LogP contribution is -2.30. The molecule has 3 rings (SSSR count). The number of rotatable bonds is 3. The molecule has 108 valence electrons. The molecule has 2 aromatic rings. The van der Waals surface area contributed by atoms with Gasteiger partial charge in [0, 0.05) is 18.9 Å². The predicted molar refractivity (Wildman–Crippen MR) is 77.9 cm³/mol. The van der Waals surface area contributed by atoms with E-state index >= 15 is 0 Å². The van der Waals surface area contributed by atoms with Gasteiger partial charge in [-0.15, -0.1) is 11.3 Å². The van der Waals surface area contributed by atoms with Crippen LogP contribution in [-0.2, 0) is 0 Å². The maximum atomic E-state index is 12.5. The van der Waals surface area contributed by atoms with Crippen molar-refractivity contribution >= 4 is 23.2 Å². The number of amides is 2. The summed E-state index contributed by atoms with van der Waals surface area (Å²) in [6, 6.07) is 3.41. The Kier molecular flexibility index (Phi) is 3.66. The number of hydrogen-bond donors (Lipinski definition) is 1. The van der Waals surface area contributed by atoms with Gasteiger partial charge in [-0.05, 0) is 25.0 Å². The molecule has 3 heterocycles. The summed E-state index contributed by atoms with van der Waals surface area (Å²) in [5.41, 5.74) is 5.82. The van der Waals surface area contributed by atoms with E-state index in [0.717, 1.165) is 17.8 Å². The molecule has 0 saturated carbocycles. The van der Waals surface area contributed by atoms with Gasteiger partial charge in [-0.3, -0.25) is 14.6 Å². The number of primary amides is 1. The molecule has 1 atom stereocenters. The van der Waals surface area contributed by atoms with Crippen LogP contribution in [0.4, 0.5) is 0 Å². The van der Waals surface area contributed by atoms with Crippen molar-refractivity contribution in [3.63, 3.8) is 0 Å². The smallest absolute Gasteiger partial charge is 0.260 e. The Labute approximate surface area is 125 Å². The minimum atomic E-state index is -0.484. The number of carbonyl (C=O) groups excluding carboxylic acids is 2. The maximum Gasteiger partial charge on any atom is 0.260 e. The van der Waals surface area contributed by atoms with Gasteiger partial charge in [0.25, 0.3) is 11.8 Å². The minimum Gasteiger partial charge on any atom is -0.365 e. The Morgan fingerprint density at radius 2 is 2.24 bits per heavy atom.